The quantitative estimate of drug-likeness (QED) is 0.885. The molecule has 0 spiro atoms. The molecule has 0 aliphatic carbocycles. The number of hydrogen-bond donors (Lipinski definition) is 1. The lowest BCUT2D eigenvalue weighted by Crippen LogP contribution is -2.53. The van der Waals surface area contributed by atoms with Gasteiger partial charge in [0.1, 0.15) is 0 Å². The van der Waals surface area contributed by atoms with E-state index in [4.69, 9.17) is 10.5 Å². The lowest BCUT2D eigenvalue weighted by Gasteiger charge is -2.32. The summed E-state index contributed by atoms with van der Waals surface area (Å²) in [4.78, 5) is -0.787. The summed E-state index contributed by atoms with van der Waals surface area (Å²) in [7, 11) is -4.32. The van der Waals surface area contributed by atoms with Crippen molar-refractivity contribution >= 4 is 10.0 Å². The summed E-state index contributed by atoms with van der Waals surface area (Å²) >= 11 is 0. The zero-order valence-electron chi connectivity index (χ0n) is 10.3. The molecule has 20 heavy (non-hydrogen) atoms. The largest absolute Gasteiger partial charge is 0.417 e. The highest BCUT2D eigenvalue weighted by atomic mass is 32.2. The van der Waals surface area contributed by atoms with E-state index in [0.717, 1.165) is 22.5 Å². The van der Waals surface area contributed by atoms with Crippen LogP contribution in [0.1, 0.15) is 5.56 Å². The molecule has 0 saturated carbocycles. The lowest BCUT2D eigenvalue weighted by molar-refractivity contribution is -0.140. The fourth-order valence-corrected chi connectivity index (χ4v) is 3.66. The zero-order valence-corrected chi connectivity index (χ0v) is 11.1. The first-order chi connectivity index (χ1) is 9.24. The van der Waals surface area contributed by atoms with Crippen molar-refractivity contribution in [3.8, 4) is 0 Å². The Labute approximate surface area is 114 Å². The van der Waals surface area contributed by atoms with Gasteiger partial charge in [-0.25, -0.2) is 8.42 Å². The van der Waals surface area contributed by atoms with Gasteiger partial charge in [-0.15, -0.1) is 0 Å². The van der Waals surface area contributed by atoms with Gasteiger partial charge in [0, 0.05) is 6.54 Å². The Balaban J connectivity index is 2.50. The summed E-state index contributed by atoms with van der Waals surface area (Å²) in [5.41, 5.74) is 4.41. The molecule has 1 unspecified atom stereocenters. The number of nitrogens with two attached hydrogens (primary N) is 1. The average molecular weight is 310 g/mol. The van der Waals surface area contributed by atoms with Crippen LogP contribution >= 0.6 is 0 Å². The normalized spacial score (nSPS) is 21.9. The number of alkyl halides is 3. The molecule has 0 bridgehead atoms. The van der Waals surface area contributed by atoms with Gasteiger partial charge in [0.15, 0.2) is 0 Å². The van der Waals surface area contributed by atoms with Gasteiger partial charge in [-0.1, -0.05) is 12.1 Å². The molecule has 9 heteroatoms. The maximum Gasteiger partial charge on any atom is 0.417 e. The molecule has 0 aromatic heterocycles. The number of sulfonamides is 1. The van der Waals surface area contributed by atoms with Crippen LogP contribution in [-0.4, -0.2) is 38.6 Å². The van der Waals surface area contributed by atoms with Crippen molar-refractivity contribution in [2.75, 3.05) is 19.8 Å². The van der Waals surface area contributed by atoms with E-state index < -0.39 is 32.8 Å². The molecule has 1 aliphatic rings. The number of nitrogens with zero attached hydrogens (tertiary/aromatic N) is 1. The monoisotopic (exact) mass is 310 g/mol. The second-order valence-corrected chi connectivity index (χ2v) is 6.11. The third-order valence-corrected chi connectivity index (χ3v) is 4.88. The zero-order chi connectivity index (χ0) is 15.0. The number of morpholine rings is 1. The van der Waals surface area contributed by atoms with Crippen LogP contribution in [0.2, 0.25) is 0 Å². The standard InChI is InChI=1S/C11H13F3N2O3S/c12-11(13,14)8-3-1-2-4-9(8)20(17,18)16-5-6-19-7-10(16)15/h1-4,10H,5-7,15H2. The minimum atomic E-state index is -4.75. The predicted octanol–water partition coefficient (Wildman–Crippen LogP) is 1.01. The third-order valence-electron chi connectivity index (χ3n) is 2.89. The Kier molecular flexibility index (Phi) is 4.05. The molecule has 2 rings (SSSR count). The molecular weight excluding hydrogens is 297 g/mol. The summed E-state index contributed by atoms with van der Waals surface area (Å²) in [5, 5.41) is 0. The Bertz CT molecular complexity index is 589. The van der Waals surface area contributed by atoms with E-state index in [1.54, 1.807) is 0 Å². The SMILES string of the molecule is NC1COCCN1S(=O)(=O)c1ccccc1C(F)(F)F. The molecule has 1 fully saturated rings. The highest BCUT2D eigenvalue weighted by Gasteiger charge is 2.40. The lowest BCUT2D eigenvalue weighted by atomic mass is 10.2. The predicted molar refractivity (Wildman–Crippen MR) is 64.1 cm³/mol. The van der Waals surface area contributed by atoms with Crippen molar-refractivity contribution in [3.05, 3.63) is 29.8 Å². The van der Waals surface area contributed by atoms with Crippen molar-refractivity contribution in [3.63, 3.8) is 0 Å². The Morgan fingerprint density at radius 3 is 2.55 bits per heavy atom. The fraction of sp³-hybridized carbons (Fsp3) is 0.455. The molecule has 5 nitrogen and oxygen atoms in total. The smallest absolute Gasteiger partial charge is 0.377 e. The van der Waals surface area contributed by atoms with Gasteiger partial charge in [-0.05, 0) is 12.1 Å². The molecule has 112 valence electrons. The van der Waals surface area contributed by atoms with Gasteiger partial charge in [-0.3, -0.25) is 0 Å². The highest BCUT2D eigenvalue weighted by Crippen LogP contribution is 2.35. The van der Waals surface area contributed by atoms with Gasteiger partial charge < -0.3 is 10.5 Å². The number of ether oxygens (including phenoxy) is 1. The second-order valence-electron chi connectivity index (χ2n) is 4.25. The molecule has 1 aromatic carbocycles. The average Bonchev–Trinajstić information content (AvgIpc) is 2.38. The van der Waals surface area contributed by atoms with E-state index in [9.17, 15) is 21.6 Å². The van der Waals surface area contributed by atoms with Crippen LogP contribution in [0, 0.1) is 0 Å². The minimum absolute atomic E-state index is 0.0482. The summed E-state index contributed by atoms with van der Waals surface area (Å²) in [6, 6.07) is 4.05. The van der Waals surface area contributed by atoms with Gasteiger partial charge in [0.2, 0.25) is 10.0 Å². The van der Waals surface area contributed by atoms with E-state index in [1.165, 1.54) is 6.07 Å². The Morgan fingerprint density at radius 2 is 1.95 bits per heavy atom. The van der Waals surface area contributed by atoms with E-state index >= 15 is 0 Å². The first kappa shape index (κ1) is 15.2. The Hall–Kier alpha value is -1.16. The number of benzene rings is 1. The molecule has 1 atom stereocenters. The minimum Gasteiger partial charge on any atom is -0.377 e. The summed E-state index contributed by atoms with van der Waals surface area (Å²) < 4.78 is 69.2. The first-order valence-electron chi connectivity index (χ1n) is 5.76. The summed E-state index contributed by atoms with van der Waals surface area (Å²) in [6.07, 6.45) is -5.74. The molecule has 2 N–H and O–H groups in total. The van der Waals surface area contributed by atoms with Crippen LogP contribution in [0.5, 0.6) is 0 Å². The summed E-state index contributed by atoms with van der Waals surface area (Å²) in [6.45, 7) is -0.0236. The van der Waals surface area contributed by atoms with E-state index in [-0.39, 0.29) is 19.8 Å². The van der Waals surface area contributed by atoms with Crippen LogP contribution in [0.4, 0.5) is 13.2 Å². The number of halogens is 3. The Morgan fingerprint density at radius 1 is 1.30 bits per heavy atom. The second kappa shape index (κ2) is 5.32. The number of hydrogen-bond acceptors (Lipinski definition) is 4. The van der Waals surface area contributed by atoms with Crippen molar-refractivity contribution < 1.29 is 26.3 Å². The van der Waals surface area contributed by atoms with E-state index in [0.29, 0.717) is 0 Å². The van der Waals surface area contributed by atoms with Crippen LogP contribution in [0.15, 0.2) is 29.2 Å². The van der Waals surface area contributed by atoms with Crippen LogP contribution < -0.4 is 5.73 Å². The fourth-order valence-electron chi connectivity index (χ4n) is 1.96. The van der Waals surface area contributed by atoms with Crippen molar-refractivity contribution in [1.29, 1.82) is 0 Å². The van der Waals surface area contributed by atoms with Gasteiger partial charge >= 0.3 is 6.18 Å². The van der Waals surface area contributed by atoms with Crippen LogP contribution in [-0.2, 0) is 20.9 Å². The highest BCUT2D eigenvalue weighted by molar-refractivity contribution is 7.89. The van der Waals surface area contributed by atoms with Gasteiger partial charge in [0.05, 0.1) is 29.8 Å². The van der Waals surface area contributed by atoms with Crippen LogP contribution in [0.3, 0.4) is 0 Å². The van der Waals surface area contributed by atoms with E-state index in [1.807, 2.05) is 0 Å². The van der Waals surface area contributed by atoms with E-state index in [2.05, 4.69) is 0 Å². The first-order valence-corrected chi connectivity index (χ1v) is 7.20. The molecule has 1 aliphatic heterocycles. The topological polar surface area (TPSA) is 72.6 Å². The summed E-state index contributed by atoms with van der Waals surface area (Å²) in [5.74, 6) is 0. The van der Waals surface area contributed by atoms with Crippen molar-refractivity contribution in [2.45, 2.75) is 17.2 Å². The molecule has 1 aromatic rings. The molecule has 1 saturated heterocycles. The maximum atomic E-state index is 12.9. The molecular formula is C11H13F3N2O3S. The van der Waals surface area contributed by atoms with Crippen molar-refractivity contribution in [2.24, 2.45) is 5.73 Å². The molecule has 0 amide bonds. The number of rotatable bonds is 2. The van der Waals surface area contributed by atoms with Gasteiger partial charge in [0.25, 0.3) is 0 Å². The molecule has 1 heterocycles. The maximum absolute atomic E-state index is 12.9. The van der Waals surface area contributed by atoms with Gasteiger partial charge in [-0.2, -0.15) is 17.5 Å². The molecule has 0 radical (unpaired) electrons. The van der Waals surface area contributed by atoms with Crippen molar-refractivity contribution in [1.82, 2.24) is 4.31 Å². The third kappa shape index (κ3) is 2.80. The van der Waals surface area contributed by atoms with Crippen LogP contribution in [0.25, 0.3) is 0 Å².